The van der Waals surface area contributed by atoms with Crippen molar-refractivity contribution in [1.29, 1.82) is 0 Å². The number of carbonyl (C=O) groups excluding carboxylic acids is 2. The second-order valence-electron chi connectivity index (χ2n) is 12.9. The van der Waals surface area contributed by atoms with Crippen LogP contribution in [0.5, 0.6) is 5.75 Å². The van der Waals surface area contributed by atoms with Gasteiger partial charge in [-0.2, -0.15) is 0 Å². The molecule has 2 amide bonds. The third-order valence-electron chi connectivity index (χ3n) is 9.51. The molecule has 12 heteroatoms. The number of aliphatic hydroxyl groups excluding tert-OH is 1. The first kappa shape index (κ1) is 34.2. The SMILES string of the molecule is CN1CCC/C=C/[C@H](O)[C@@H]2CC[C@H]2CN2CCCCc3cc(Cl)ccc3COc3ccc(cc32)[C@](O)(C(=O)NS(C)(=O)=O)CC1=O. The van der Waals surface area contributed by atoms with E-state index >= 15 is 0 Å². The predicted molar refractivity (Wildman–Crippen MR) is 177 cm³/mol. The number of fused-ring (bicyclic) bond motifs is 3. The Bertz CT molecular complexity index is 1580. The number of ether oxygens (including phenoxy) is 1. The van der Waals surface area contributed by atoms with Gasteiger partial charge in [0.2, 0.25) is 15.9 Å². The average molecular weight is 674 g/mol. The summed E-state index contributed by atoms with van der Waals surface area (Å²) in [6.45, 7) is 1.88. The fourth-order valence-electron chi connectivity index (χ4n) is 6.62. The largest absolute Gasteiger partial charge is 0.487 e. The number of sulfonamides is 1. The molecule has 0 radical (unpaired) electrons. The van der Waals surface area contributed by atoms with Gasteiger partial charge in [-0.05, 0) is 97.7 Å². The first-order valence-corrected chi connectivity index (χ1v) is 18.2. The lowest BCUT2D eigenvalue weighted by atomic mass is 9.70. The van der Waals surface area contributed by atoms with Crippen LogP contribution >= 0.6 is 11.6 Å². The van der Waals surface area contributed by atoms with Crippen molar-refractivity contribution in [1.82, 2.24) is 9.62 Å². The molecule has 1 aliphatic carbocycles. The smallest absolute Gasteiger partial charge is 0.270 e. The van der Waals surface area contributed by atoms with Crippen LogP contribution in [0.25, 0.3) is 0 Å². The third-order valence-corrected chi connectivity index (χ3v) is 10.3. The van der Waals surface area contributed by atoms with E-state index < -0.39 is 40.0 Å². The second kappa shape index (κ2) is 14.3. The number of allylic oxidation sites excluding steroid dienone is 1. The van der Waals surface area contributed by atoms with Gasteiger partial charge in [-0.3, -0.25) is 14.3 Å². The van der Waals surface area contributed by atoms with E-state index in [1.165, 1.54) is 11.0 Å². The Morgan fingerprint density at radius 3 is 2.63 bits per heavy atom. The monoisotopic (exact) mass is 673 g/mol. The molecule has 5 rings (SSSR count). The van der Waals surface area contributed by atoms with Crippen molar-refractivity contribution in [2.24, 2.45) is 11.8 Å². The summed E-state index contributed by atoms with van der Waals surface area (Å²) in [7, 11) is -2.46. The highest BCUT2D eigenvalue weighted by Crippen LogP contribution is 2.42. The van der Waals surface area contributed by atoms with Gasteiger partial charge < -0.3 is 24.7 Å². The Kier molecular flexibility index (Phi) is 10.7. The van der Waals surface area contributed by atoms with Gasteiger partial charge in [0.1, 0.15) is 12.4 Å². The maximum atomic E-state index is 13.5. The molecule has 250 valence electrons. The Hall–Kier alpha value is -3.12. The summed E-state index contributed by atoms with van der Waals surface area (Å²) >= 11 is 6.32. The second-order valence-corrected chi connectivity index (χ2v) is 15.1. The van der Waals surface area contributed by atoms with Crippen LogP contribution in [0.2, 0.25) is 5.02 Å². The van der Waals surface area contributed by atoms with E-state index in [4.69, 9.17) is 16.3 Å². The Morgan fingerprint density at radius 2 is 1.89 bits per heavy atom. The zero-order valence-corrected chi connectivity index (χ0v) is 28.0. The molecule has 0 spiro atoms. The topological polar surface area (TPSA) is 136 Å². The van der Waals surface area contributed by atoms with E-state index in [0.717, 1.165) is 49.5 Å². The van der Waals surface area contributed by atoms with Gasteiger partial charge in [0.15, 0.2) is 5.60 Å². The average Bonchev–Trinajstić information content (AvgIpc) is 3.00. The minimum Gasteiger partial charge on any atom is -0.487 e. The van der Waals surface area contributed by atoms with Crippen LogP contribution in [0, 0.1) is 11.8 Å². The maximum absolute atomic E-state index is 13.5. The lowest BCUT2D eigenvalue weighted by Crippen LogP contribution is -2.49. The zero-order valence-electron chi connectivity index (χ0n) is 26.5. The van der Waals surface area contributed by atoms with E-state index in [9.17, 15) is 28.2 Å². The van der Waals surface area contributed by atoms with Crippen molar-refractivity contribution in [3.8, 4) is 5.75 Å². The number of aliphatic hydroxyl groups is 2. The summed E-state index contributed by atoms with van der Waals surface area (Å²) in [5, 5.41) is 23.7. The maximum Gasteiger partial charge on any atom is 0.270 e. The van der Waals surface area contributed by atoms with Crippen molar-refractivity contribution in [2.45, 2.75) is 69.7 Å². The Balaban J connectivity index is 1.61. The normalized spacial score (nSPS) is 27.1. The molecule has 3 aliphatic rings. The molecule has 0 saturated heterocycles. The summed E-state index contributed by atoms with van der Waals surface area (Å²) < 4.78 is 32.6. The number of carbonyl (C=O) groups is 2. The lowest BCUT2D eigenvalue weighted by molar-refractivity contribution is -0.148. The number of anilines is 1. The van der Waals surface area contributed by atoms with E-state index in [1.54, 1.807) is 19.2 Å². The molecule has 2 aliphatic heterocycles. The number of nitrogens with one attached hydrogen (secondary N) is 1. The van der Waals surface area contributed by atoms with Crippen LogP contribution in [0.1, 0.15) is 61.6 Å². The molecule has 1 fully saturated rings. The van der Waals surface area contributed by atoms with Gasteiger partial charge in [0.25, 0.3) is 5.91 Å². The quantitative estimate of drug-likeness (QED) is 0.409. The molecule has 0 unspecified atom stereocenters. The highest BCUT2D eigenvalue weighted by atomic mass is 35.5. The molecule has 4 atom stereocenters. The standard InChI is InChI=1S/C34H44ClN3O7S/c1-37-16-6-3-4-9-30(39)28-14-11-24(28)21-38-17-7-5-8-23-18-27(35)13-10-25(23)22-45-31-15-12-26(19-29(31)38)34(42,20-32(37)40)33(41)36-46(2,43)44/h4,9-10,12-13,15,18-19,24,28,30,39,42H,3,5-8,11,14,16-17,20-22H2,1-2H3,(H,36,41)/b9-4+/t24-,28+,30-,34-/m0/s1. The van der Waals surface area contributed by atoms with Crippen molar-refractivity contribution in [2.75, 3.05) is 37.8 Å². The summed E-state index contributed by atoms with van der Waals surface area (Å²) in [6.07, 6.45) is 9.06. The lowest BCUT2D eigenvalue weighted by Gasteiger charge is -2.42. The van der Waals surface area contributed by atoms with Crippen molar-refractivity contribution in [3.05, 3.63) is 70.3 Å². The number of aryl methyl sites for hydroxylation is 1. The number of hydrogen-bond acceptors (Lipinski definition) is 8. The summed E-state index contributed by atoms with van der Waals surface area (Å²) in [5.41, 5.74) is 0.351. The van der Waals surface area contributed by atoms with Crippen LogP contribution in [0.15, 0.2) is 48.6 Å². The molecule has 0 aromatic heterocycles. The van der Waals surface area contributed by atoms with E-state index in [-0.39, 0.29) is 24.0 Å². The van der Waals surface area contributed by atoms with Gasteiger partial charge in [0.05, 0.1) is 24.5 Å². The summed E-state index contributed by atoms with van der Waals surface area (Å²) in [6, 6.07) is 10.6. The molecule has 2 aromatic carbocycles. The fraction of sp³-hybridized carbons (Fsp3) is 0.529. The van der Waals surface area contributed by atoms with E-state index in [2.05, 4.69) is 4.90 Å². The van der Waals surface area contributed by atoms with Crippen molar-refractivity contribution in [3.63, 3.8) is 0 Å². The summed E-state index contributed by atoms with van der Waals surface area (Å²) in [5.74, 6) is -0.902. The molecule has 46 heavy (non-hydrogen) atoms. The number of benzene rings is 2. The zero-order chi connectivity index (χ0) is 33.1. The molecule has 2 bridgehead atoms. The predicted octanol–water partition coefficient (Wildman–Crippen LogP) is 3.91. The highest BCUT2D eigenvalue weighted by molar-refractivity contribution is 7.89. The van der Waals surface area contributed by atoms with Crippen LogP contribution in [0.4, 0.5) is 5.69 Å². The van der Waals surface area contributed by atoms with Crippen molar-refractivity contribution < 1.29 is 33.0 Å². The van der Waals surface area contributed by atoms with Gasteiger partial charge in [0, 0.05) is 31.7 Å². The van der Waals surface area contributed by atoms with E-state index in [1.807, 2.05) is 35.1 Å². The molecular weight excluding hydrogens is 630 g/mol. The van der Waals surface area contributed by atoms with Gasteiger partial charge in [-0.25, -0.2) is 8.42 Å². The fourth-order valence-corrected chi connectivity index (χ4v) is 7.32. The third kappa shape index (κ3) is 8.05. The molecule has 10 nitrogen and oxygen atoms in total. The molecule has 1 saturated carbocycles. The summed E-state index contributed by atoms with van der Waals surface area (Å²) in [4.78, 5) is 30.5. The number of amides is 2. The Morgan fingerprint density at radius 1 is 1.09 bits per heavy atom. The minimum absolute atomic E-state index is 0.0842. The molecule has 2 aromatic rings. The first-order valence-electron chi connectivity index (χ1n) is 16.0. The molecule has 3 N–H and O–H groups in total. The van der Waals surface area contributed by atoms with Crippen LogP contribution in [0.3, 0.4) is 0 Å². The molecular formula is C34H44ClN3O7S. The molecule has 2 heterocycles. The van der Waals surface area contributed by atoms with Gasteiger partial charge >= 0.3 is 0 Å². The van der Waals surface area contributed by atoms with Crippen LogP contribution in [-0.2, 0) is 38.2 Å². The number of rotatable bonds is 2. The van der Waals surface area contributed by atoms with Crippen LogP contribution < -0.4 is 14.4 Å². The van der Waals surface area contributed by atoms with Gasteiger partial charge in [-0.15, -0.1) is 0 Å². The van der Waals surface area contributed by atoms with Crippen LogP contribution in [-0.4, -0.2) is 74.4 Å². The Labute approximate surface area is 276 Å². The number of hydrogen-bond donors (Lipinski definition) is 3. The van der Waals surface area contributed by atoms with Gasteiger partial charge in [-0.1, -0.05) is 35.9 Å². The highest BCUT2D eigenvalue weighted by Gasteiger charge is 2.43. The number of halogens is 1. The van der Waals surface area contributed by atoms with Crippen molar-refractivity contribution >= 4 is 39.1 Å². The first-order chi connectivity index (χ1) is 21.8. The van der Waals surface area contributed by atoms with E-state index in [0.29, 0.717) is 48.9 Å². The number of nitrogens with zero attached hydrogens (tertiary/aromatic N) is 2. The minimum atomic E-state index is -4.05.